The minimum absolute atomic E-state index is 0.0224. The first-order valence-corrected chi connectivity index (χ1v) is 10.6. The quantitative estimate of drug-likeness (QED) is 0.672. The van der Waals surface area contributed by atoms with Crippen LogP contribution in [0.15, 0.2) is 63.6 Å². The molecule has 0 N–H and O–H groups in total. The van der Waals surface area contributed by atoms with Crippen LogP contribution in [0.3, 0.4) is 0 Å². The molecule has 0 unspecified atom stereocenters. The molecule has 1 atom stereocenters. The minimum atomic E-state index is -0.299. The number of ether oxygens (including phenoxy) is 1. The van der Waals surface area contributed by atoms with Gasteiger partial charge in [-0.25, -0.2) is 0 Å². The second kappa shape index (κ2) is 7.90. The Bertz CT molecular complexity index is 987. The molecule has 1 amide bonds. The number of para-hydroxylation sites is 1. The monoisotopic (exact) mass is 455 g/mol. The van der Waals surface area contributed by atoms with Crippen LogP contribution in [0.1, 0.15) is 17.9 Å². The van der Waals surface area contributed by atoms with Crippen molar-refractivity contribution in [2.75, 3.05) is 24.6 Å². The number of amides is 1. The zero-order valence-corrected chi connectivity index (χ0v) is 17.7. The average Bonchev–Trinajstić information content (AvgIpc) is 2.74. The Morgan fingerprint density at radius 2 is 2.04 bits per heavy atom. The summed E-state index contributed by atoms with van der Waals surface area (Å²) in [6.45, 7) is 0.457. The highest BCUT2D eigenvalue weighted by molar-refractivity contribution is 9.10. The van der Waals surface area contributed by atoms with Crippen LogP contribution in [-0.4, -0.2) is 30.5 Å². The molecule has 2 aliphatic rings. The molecule has 2 aromatic rings. The number of carbonyl (C=O) groups excluding carboxylic acids is 1. The molecule has 2 aromatic carbocycles. The molecule has 2 aliphatic heterocycles. The summed E-state index contributed by atoms with van der Waals surface area (Å²) in [6.07, 6.45) is 0.252. The number of thioether (sulfide) groups is 1. The molecular weight excluding hydrogens is 438 g/mol. The second-order valence-electron chi connectivity index (χ2n) is 6.59. The van der Waals surface area contributed by atoms with Crippen LogP contribution in [0.2, 0.25) is 0 Å². The van der Waals surface area contributed by atoms with E-state index < -0.39 is 0 Å². The Balaban J connectivity index is 1.72. The Morgan fingerprint density at radius 3 is 2.75 bits per heavy atom. The molecule has 142 valence electrons. The first-order valence-electron chi connectivity index (χ1n) is 8.83. The van der Waals surface area contributed by atoms with Crippen molar-refractivity contribution in [1.29, 1.82) is 5.26 Å². The predicted octanol–water partition coefficient (Wildman–Crippen LogP) is 4.68. The molecule has 5 nitrogen and oxygen atoms in total. The van der Waals surface area contributed by atoms with E-state index in [1.807, 2.05) is 48.5 Å². The number of methoxy groups -OCH3 is 1. The Morgan fingerprint density at radius 1 is 1.25 bits per heavy atom. The summed E-state index contributed by atoms with van der Waals surface area (Å²) in [7, 11) is 1.61. The van der Waals surface area contributed by atoms with Crippen LogP contribution in [0.4, 0.5) is 5.69 Å². The molecule has 0 spiro atoms. The highest BCUT2D eigenvalue weighted by Crippen LogP contribution is 2.45. The first kappa shape index (κ1) is 18.9. The summed E-state index contributed by atoms with van der Waals surface area (Å²) in [5, 5.41) is 10.7. The molecule has 28 heavy (non-hydrogen) atoms. The Hall–Kier alpha value is -2.43. The lowest BCUT2D eigenvalue weighted by molar-refractivity contribution is -0.129. The lowest BCUT2D eigenvalue weighted by Gasteiger charge is -2.42. The number of allylic oxidation sites excluding steroid dienone is 1. The SMILES string of the molecule is COc1ccc(Br)cc1[C@H]1CC(=O)N2CN(c3ccccc3)CSC2=C1C#N. The summed E-state index contributed by atoms with van der Waals surface area (Å²) in [6, 6.07) is 18.1. The summed E-state index contributed by atoms with van der Waals surface area (Å²) in [5.74, 6) is 1.10. The smallest absolute Gasteiger partial charge is 0.229 e. The lowest BCUT2D eigenvalue weighted by atomic mass is 9.86. The van der Waals surface area contributed by atoms with Gasteiger partial charge in [0.1, 0.15) is 5.75 Å². The summed E-state index contributed by atoms with van der Waals surface area (Å²) >= 11 is 5.03. The number of benzene rings is 2. The molecule has 2 heterocycles. The number of hydrogen-bond donors (Lipinski definition) is 0. The van der Waals surface area contributed by atoms with Crippen molar-refractivity contribution in [2.24, 2.45) is 0 Å². The highest BCUT2D eigenvalue weighted by Gasteiger charge is 2.39. The van der Waals surface area contributed by atoms with Gasteiger partial charge in [0.25, 0.3) is 0 Å². The number of nitrogens with zero attached hydrogens (tertiary/aromatic N) is 3. The van der Waals surface area contributed by atoms with Crippen molar-refractivity contribution >= 4 is 39.3 Å². The largest absolute Gasteiger partial charge is 0.496 e. The van der Waals surface area contributed by atoms with Gasteiger partial charge in [-0.15, -0.1) is 0 Å². The fourth-order valence-electron chi connectivity index (χ4n) is 3.61. The third-order valence-electron chi connectivity index (χ3n) is 4.98. The number of carbonyl (C=O) groups is 1. The Kier molecular flexibility index (Phi) is 5.33. The van der Waals surface area contributed by atoms with Gasteiger partial charge < -0.3 is 9.64 Å². The molecule has 0 bridgehead atoms. The average molecular weight is 456 g/mol. The zero-order chi connectivity index (χ0) is 19.7. The van der Waals surface area contributed by atoms with Crippen molar-refractivity contribution in [3.05, 3.63) is 69.2 Å². The van der Waals surface area contributed by atoms with Crippen LogP contribution < -0.4 is 9.64 Å². The molecule has 1 fully saturated rings. The number of anilines is 1. The molecule has 0 saturated carbocycles. The van der Waals surface area contributed by atoms with Gasteiger partial charge in [-0.1, -0.05) is 45.9 Å². The van der Waals surface area contributed by atoms with Crippen molar-refractivity contribution in [2.45, 2.75) is 12.3 Å². The van der Waals surface area contributed by atoms with Gasteiger partial charge in [-0.05, 0) is 30.3 Å². The van der Waals surface area contributed by atoms with E-state index in [1.165, 1.54) is 11.8 Å². The van der Waals surface area contributed by atoms with Crippen LogP contribution in [0.25, 0.3) is 0 Å². The van der Waals surface area contributed by atoms with Crippen LogP contribution in [0, 0.1) is 11.3 Å². The van der Waals surface area contributed by atoms with Gasteiger partial charge in [0.15, 0.2) is 0 Å². The number of hydrogen-bond acceptors (Lipinski definition) is 5. The summed E-state index contributed by atoms with van der Waals surface area (Å²) in [5.41, 5.74) is 2.56. The second-order valence-corrected chi connectivity index (χ2v) is 8.43. The van der Waals surface area contributed by atoms with E-state index in [0.717, 1.165) is 20.8 Å². The van der Waals surface area contributed by atoms with Gasteiger partial charge in [-0.2, -0.15) is 5.26 Å². The predicted molar refractivity (Wildman–Crippen MR) is 114 cm³/mol. The van der Waals surface area contributed by atoms with E-state index in [-0.39, 0.29) is 18.2 Å². The van der Waals surface area contributed by atoms with E-state index in [2.05, 4.69) is 26.9 Å². The van der Waals surface area contributed by atoms with Crippen LogP contribution in [0.5, 0.6) is 5.75 Å². The maximum atomic E-state index is 13.0. The molecule has 0 aliphatic carbocycles. The molecule has 0 radical (unpaired) electrons. The van der Waals surface area contributed by atoms with E-state index in [9.17, 15) is 10.1 Å². The normalized spacial score (nSPS) is 19.3. The number of nitriles is 1. The van der Waals surface area contributed by atoms with Gasteiger partial charge in [0, 0.05) is 28.1 Å². The van der Waals surface area contributed by atoms with E-state index in [1.54, 1.807) is 12.0 Å². The minimum Gasteiger partial charge on any atom is -0.496 e. The van der Waals surface area contributed by atoms with Crippen molar-refractivity contribution in [1.82, 2.24) is 4.90 Å². The van der Waals surface area contributed by atoms with Crippen LogP contribution >= 0.6 is 27.7 Å². The van der Waals surface area contributed by atoms with Crippen LogP contribution in [-0.2, 0) is 4.79 Å². The first-order chi connectivity index (χ1) is 13.6. The van der Waals surface area contributed by atoms with Gasteiger partial charge in [0.2, 0.25) is 5.91 Å². The van der Waals surface area contributed by atoms with E-state index in [4.69, 9.17) is 4.74 Å². The fourth-order valence-corrected chi connectivity index (χ4v) is 5.15. The maximum Gasteiger partial charge on any atom is 0.229 e. The molecular formula is C21H18BrN3O2S. The maximum absolute atomic E-state index is 13.0. The van der Waals surface area contributed by atoms with Gasteiger partial charge in [0.05, 0.1) is 36.3 Å². The molecule has 0 aromatic heterocycles. The van der Waals surface area contributed by atoms with E-state index in [0.29, 0.717) is 23.9 Å². The molecule has 1 saturated heterocycles. The van der Waals surface area contributed by atoms with E-state index >= 15 is 0 Å². The van der Waals surface area contributed by atoms with Gasteiger partial charge >= 0.3 is 0 Å². The molecule has 4 rings (SSSR count). The third-order valence-corrected chi connectivity index (χ3v) is 6.63. The number of halogens is 1. The third kappa shape index (κ3) is 3.38. The fraction of sp³-hybridized carbons (Fsp3) is 0.238. The lowest BCUT2D eigenvalue weighted by Crippen LogP contribution is -2.47. The van der Waals surface area contributed by atoms with Gasteiger partial charge in [-0.3, -0.25) is 9.69 Å². The summed E-state index contributed by atoms with van der Waals surface area (Å²) < 4.78 is 6.40. The topological polar surface area (TPSA) is 56.6 Å². The number of rotatable bonds is 3. The van der Waals surface area contributed by atoms with Crippen molar-refractivity contribution < 1.29 is 9.53 Å². The molecule has 7 heteroatoms. The number of fused-ring (bicyclic) bond motifs is 1. The van der Waals surface area contributed by atoms with Crippen molar-refractivity contribution in [3.63, 3.8) is 0 Å². The van der Waals surface area contributed by atoms with Crippen molar-refractivity contribution in [3.8, 4) is 11.8 Å². The zero-order valence-electron chi connectivity index (χ0n) is 15.3. The highest BCUT2D eigenvalue weighted by atomic mass is 79.9. The summed E-state index contributed by atoms with van der Waals surface area (Å²) in [4.78, 5) is 16.9. The Labute approximate surface area is 176 Å². The standard InChI is InChI=1S/C21H18BrN3O2S/c1-27-19-8-7-14(22)9-17(19)16-10-20(26)25-12-24(15-5-3-2-4-6-15)13-28-21(25)18(16)11-23/h2-9,16H,10,12-13H2,1H3/t16-/m1/s1.